The minimum atomic E-state index is -1.03. The molecule has 0 saturated carbocycles. The summed E-state index contributed by atoms with van der Waals surface area (Å²) in [5.74, 6) is -0.970. The number of phenols is 1. The van der Waals surface area contributed by atoms with Crippen LogP contribution in [0.15, 0.2) is 48.5 Å². The lowest BCUT2D eigenvalue weighted by Gasteiger charge is -2.18. The van der Waals surface area contributed by atoms with E-state index in [0.29, 0.717) is 11.3 Å². The zero-order valence-electron chi connectivity index (χ0n) is 10.1. The lowest BCUT2D eigenvalue weighted by atomic mass is 10.1. The van der Waals surface area contributed by atoms with Crippen molar-refractivity contribution in [3.63, 3.8) is 0 Å². The Morgan fingerprint density at radius 2 is 1.74 bits per heavy atom. The standard InChI is InChI=1S/C14H14N2O3/c15-13(10-6-2-4-8-12(10)17)16-11-7-3-1-5-9(11)14(18)19/h1-8,13,16-17H,15H2,(H,18,19). The predicted molar refractivity (Wildman–Crippen MR) is 72.1 cm³/mol. The monoisotopic (exact) mass is 258 g/mol. The van der Waals surface area contributed by atoms with Gasteiger partial charge in [-0.05, 0) is 18.2 Å². The molecule has 0 fully saturated rings. The molecule has 1 atom stereocenters. The Bertz CT molecular complexity index is 599. The number of nitrogens with two attached hydrogens (primary N) is 1. The number of hydrogen-bond donors (Lipinski definition) is 4. The van der Waals surface area contributed by atoms with Gasteiger partial charge in [-0.25, -0.2) is 4.79 Å². The third-order valence-corrected chi connectivity index (χ3v) is 2.74. The van der Waals surface area contributed by atoms with E-state index in [9.17, 15) is 9.90 Å². The molecule has 0 bridgehead atoms. The first kappa shape index (κ1) is 12.9. The second-order valence-corrected chi connectivity index (χ2v) is 4.03. The Morgan fingerprint density at radius 3 is 2.42 bits per heavy atom. The van der Waals surface area contributed by atoms with E-state index < -0.39 is 12.1 Å². The SMILES string of the molecule is NC(Nc1ccccc1C(=O)O)c1ccccc1O. The number of carboxylic acid groups (broad SMARTS) is 1. The van der Waals surface area contributed by atoms with Crippen LogP contribution in [0.2, 0.25) is 0 Å². The lowest BCUT2D eigenvalue weighted by molar-refractivity contribution is 0.0698. The number of para-hydroxylation sites is 2. The molecule has 5 nitrogen and oxygen atoms in total. The van der Waals surface area contributed by atoms with E-state index in [1.165, 1.54) is 12.1 Å². The van der Waals surface area contributed by atoms with E-state index in [2.05, 4.69) is 5.32 Å². The van der Waals surface area contributed by atoms with Crippen molar-refractivity contribution >= 4 is 11.7 Å². The van der Waals surface area contributed by atoms with Gasteiger partial charge in [0.05, 0.1) is 11.3 Å². The molecule has 0 radical (unpaired) electrons. The van der Waals surface area contributed by atoms with Gasteiger partial charge in [0, 0.05) is 5.56 Å². The Balaban J connectivity index is 2.27. The largest absolute Gasteiger partial charge is 0.508 e. The molecule has 0 aliphatic heterocycles. The van der Waals surface area contributed by atoms with Gasteiger partial charge in [-0.15, -0.1) is 0 Å². The number of carbonyl (C=O) groups is 1. The van der Waals surface area contributed by atoms with Crippen molar-refractivity contribution in [1.29, 1.82) is 0 Å². The van der Waals surface area contributed by atoms with E-state index in [0.717, 1.165) is 0 Å². The van der Waals surface area contributed by atoms with Crippen molar-refractivity contribution in [3.05, 3.63) is 59.7 Å². The highest BCUT2D eigenvalue weighted by Gasteiger charge is 2.14. The van der Waals surface area contributed by atoms with Crippen LogP contribution in [0.3, 0.4) is 0 Å². The number of nitrogens with one attached hydrogen (secondary N) is 1. The maximum absolute atomic E-state index is 11.1. The van der Waals surface area contributed by atoms with Gasteiger partial charge in [0.2, 0.25) is 0 Å². The fourth-order valence-corrected chi connectivity index (χ4v) is 1.79. The number of phenolic OH excluding ortho intramolecular Hbond substituents is 1. The fourth-order valence-electron chi connectivity index (χ4n) is 1.79. The molecular formula is C14H14N2O3. The van der Waals surface area contributed by atoms with E-state index in [1.54, 1.807) is 36.4 Å². The topological polar surface area (TPSA) is 95.6 Å². The van der Waals surface area contributed by atoms with Gasteiger partial charge < -0.3 is 21.3 Å². The highest BCUT2D eigenvalue weighted by Crippen LogP contribution is 2.25. The molecule has 2 rings (SSSR count). The molecule has 2 aromatic carbocycles. The fraction of sp³-hybridized carbons (Fsp3) is 0.0714. The molecule has 0 heterocycles. The van der Waals surface area contributed by atoms with Crippen molar-refractivity contribution in [2.45, 2.75) is 6.17 Å². The summed E-state index contributed by atoms with van der Waals surface area (Å²) in [4.78, 5) is 11.1. The van der Waals surface area contributed by atoms with E-state index in [4.69, 9.17) is 10.8 Å². The van der Waals surface area contributed by atoms with Crippen LogP contribution in [0.25, 0.3) is 0 Å². The molecule has 5 N–H and O–H groups in total. The van der Waals surface area contributed by atoms with E-state index >= 15 is 0 Å². The van der Waals surface area contributed by atoms with Crippen molar-refractivity contribution in [1.82, 2.24) is 0 Å². The summed E-state index contributed by atoms with van der Waals surface area (Å²) in [6.45, 7) is 0. The van der Waals surface area contributed by atoms with Crippen molar-refractivity contribution in [3.8, 4) is 5.75 Å². The molecule has 0 spiro atoms. The summed E-state index contributed by atoms with van der Waals surface area (Å²) in [7, 11) is 0. The highest BCUT2D eigenvalue weighted by molar-refractivity contribution is 5.94. The summed E-state index contributed by atoms with van der Waals surface area (Å²) in [6, 6.07) is 13.1. The number of rotatable bonds is 4. The molecule has 0 amide bonds. The number of hydrogen-bond acceptors (Lipinski definition) is 4. The van der Waals surface area contributed by atoms with Crippen molar-refractivity contribution in [2.24, 2.45) is 5.73 Å². The lowest BCUT2D eigenvalue weighted by Crippen LogP contribution is -2.21. The number of aromatic hydroxyl groups is 1. The average molecular weight is 258 g/mol. The highest BCUT2D eigenvalue weighted by atomic mass is 16.4. The normalized spacial score (nSPS) is 11.8. The molecule has 1 unspecified atom stereocenters. The Labute approximate surface area is 110 Å². The maximum atomic E-state index is 11.1. The summed E-state index contributed by atoms with van der Waals surface area (Å²) in [5.41, 5.74) is 6.98. The Morgan fingerprint density at radius 1 is 1.11 bits per heavy atom. The van der Waals surface area contributed by atoms with Crippen molar-refractivity contribution in [2.75, 3.05) is 5.32 Å². The summed E-state index contributed by atoms with van der Waals surface area (Å²) >= 11 is 0. The quantitative estimate of drug-likeness (QED) is 0.630. The number of aromatic carboxylic acids is 1. The minimum Gasteiger partial charge on any atom is -0.508 e. The first-order valence-electron chi connectivity index (χ1n) is 5.72. The maximum Gasteiger partial charge on any atom is 0.337 e. The van der Waals surface area contributed by atoms with Crippen molar-refractivity contribution < 1.29 is 15.0 Å². The molecule has 19 heavy (non-hydrogen) atoms. The first-order chi connectivity index (χ1) is 9.09. The number of benzene rings is 2. The van der Waals surface area contributed by atoms with Crippen LogP contribution >= 0.6 is 0 Å². The second kappa shape index (κ2) is 5.41. The zero-order chi connectivity index (χ0) is 13.8. The number of anilines is 1. The van der Waals surface area contributed by atoms with Crippen LogP contribution < -0.4 is 11.1 Å². The van der Waals surface area contributed by atoms with Gasteiger partial charge in [0.25, 0.3) is 0 Å². The second-order valence-electron chi connectivity index (χ2n) is 4.03. The minimum absolute atomic E-state index is 0.0651. The molecule has 2 aromatic rings. The van der Waals surface area contributed by atoms with Crippen LogP contribution in [0, 0.1) is 0 Å². The van der Waals surface area contributed by atoms with Gasteiger partial charge in [0.15, 0.2) is 0 Å². The summed E-state index contributed by atoms with van der Waals surface area (Å²) in [6.07, 6.45) is -0.693. The predicted octanol–water partition coefficient (Wildman–Crippen LogP) is 2.16. The third-order valence-electron chi connectivity index (χ3n) is 2.74. The molecule has 0 saturated heterocycles. The number of carboxylic acids is 1. The zero-order valence-corrected chi connectivity index (χ0v) is 10.1. The third kappa shape index (κ3) is 2.83. The van der Waals surface area contributed by atoms with Gasteiger partial charge in [-0.3, -0.25) is 0 Å². The first-order valence-corrected chi connectivity index (χ1v) is 5.72. The van der Waals surface area contributed by atoms with Crippen LogP contribution in [0.5, 0.6) is 5.75 Å². The van der Waals surface area contributed by atoms with Gasteiger partial charge in [0.1, 0.15) is 11.9 Å². The van der Waals surface area contributed by atoms with Gasteiger partial charge >= 0.3 is 5.97 Å². The van der Waals surface area contributed by atoms with Crippen LogP contribution in [0.4, 0.5) is 5.69 Å². The molecular weight excluding hydrogens is 244 g/mol. The molecule has 0 aliphatic carbocycles. The average Bonchev–Trinajstić information content (AvgIpc) is 2.39. The summed E-state index contributed by atoms with van der Waals surface area (Å²) < 4.78 is 0. The van der Waals surface area contributed by atoms with Crippen LogP contribution in [0.1, 0.15) is 22.1 Å². The van der Waals surface area contributed by atoms with E-state index in [1.807, 2.05) is 0 Å². The molecule has 5 heteroatoms. The molecule has 0 aliphatic rings. The van der Waals surface area contributed by atoms with Gasteiger partial charge in [-0.2, -0.15) is 0 Å². The van der Waals surface area contributed by atoms with Crippen LogP contribution in [-0.2, 0) is 0 Å². The molecule has 0 aromatic heterocycles. The Hall–Kier alpha value is -2.53. The van der Waals surface area contributed by atoms with Crippen LogP contribution in [-0.4, -0.2) is 16.2 Å². The Kier molecular flexibility index (Phi) is 3.68. The summed E-state index contributed by atoms with van der Waals surface area (Å²) in [5, 5.41) is 21.7. The van der Waals surface area contributed by atoms with E-state index in [-0.39, 0.29) is 11.3 Å². The smallest absolute Gasteiger partial charge is 0.337 e. The van der Waals surface area contributed by atoms with Gasteiger partial charge in [-0.1, -0.05) is 30.3 Å². The molecule has 98 valence electrons.